The number of benzene rings is 2. The number of carbonyl (C=O) groups is 2. The maximum absolute atomic E-state index is 12.1. The van der Waals surface area contributed by atoms with Gasteiger partial charge in [-0.25, -0.2) is 9.59 Å². The zero-order chi connectivity index (χ0) is 16.7. The summed E-state index contributed by atoms with van der Waals surface area (Å²) in [5, 5.41) is 16.3. The Bertz CT molecular complexity index is 682. The molecule has 0 aliphatic heterocycles. The van der Waals surface area contributed by atoms with Crippen LogP contribution in [0.3, 0.4) is 0 Å². The fourth-order valence-corrected chi connectivity index (χ4v) is 2.40. The molecule has 0 heterocycles. The van der Waals surface area contributed by atoms with Crippen molar-refractivity contribution in [3.05, 3.63) is 42.5 Å². The third-order valence-corrected chi connectivity index (χ3v) is 3.59. The van der Waals surface area contributed by atoms with Crippen molar-refractivity contribution >= 4 is 28.5 Å². The van der Waals surface area contributed by atoms with E-state index in [1.54, 1.807) is 6.07 Å². The molecule has 0 aliphatic rings. The van der Waals surface area contributed by atoms with Gasteiger partial charge in [-0.1, -0.05) is 36.4 Å². The van der Waals surface area contributed by atoms with E-state index >= 15 is 0 Å². The normalized spacial score (nSPS) is 11.9. The Kier molecular flexibility index (Phi) is 5.94. The predicted octanol–water partition coefficient (Wildman–Crippen LogP) is 2.54. The first-order valence-electron chi connectivity index (χ1n) is 7.60. The molecule has 0 saturated carbocycles. The third-order valence-electron chi connectivity index (χ3n) is 3.59. The van der Waals surface area contributed by atoms with E-state index < -0.39 is 18.0 Å². The smallest absolute Gasteiger partial charge is 0.326 e. The lowest BCUT2D eigenvalue weighted by molar-refractivity contribution is -0.139. The number of hydrogen-bond donors (Lipinski definition) is 4. The number of carboxylic acid groups (broad SMARTS) is 1. The van der Waals surface area contributed by atoms with Crippen molar-refractivity contribution < 1.29 is 14.7 Å². The summed E-state index contributed by atoms with van der Waals surface area (Å²) in [7, 11) is 0. The molecule has 0 bridgehead atoms. The molecule has 0 fully saturated rings. The predicted molar refractivity (Wildman–Crippen MR) is 90.4 cm³/mol. The number of carboxylic acids is 1. The molecule has 0 saturated heterocycles. The van der Waals surface area contributed by atoms with Gasteiger partial charge in [0, 0.05) is 5.39 Å². The van der Waals surface area contributed by atoms with Gasteiger partial charge >= 0.3 is 12.0 Å². The minimum Gasteiger partial charge on any atom is -0.480 e. The number of carbonyl (C=O) groups excluding carboxylic acids is 1. The highest BCUT2D eigenvalue weighted by molar-refractivity contribution is 6.02. The van der Waals surface area contributed by atoms with Crippen LogP contribution in [0, 0.1) is 0 Å². The molecule has 2 amide bonds. The molecule has 1 atom stereocenters. The maximum atomic E-state index is 12.1. The van der Waals surface area contributed by atoms with Gasteiger partial charge in [-0.05, 0) is 37.3 Å². The molecular formula is C17H21N3O3. The largest absolute Gasteiger partial charge is 0.480 e. The molecule has 6 nitrogen and oxygen atoms in total. The van der Waals surface area contributed by atoms with Gasteiger partial charge in [-0.2, -0.15) is 0 Å². The SMILES string of the molecule is NCCCC[C@H](NC(=O)Nc1cccc2ccccc12)C(=O)O. The standard InChI is InChI=1S/C17H21N3O3/c18-11-4-3-9-15(16(21)22)20-17(23)19-14-10-5-7-12-6-1-2-8-13(12)14/h1-2,5-8,10,15H,3-4,9,11,18H2,(H,21,22)(H2,19,20,23)/t15-/m0/s1. The van der Waals surface area contributed by atoms with E-state index in [4.69, 9.17) is 5.73 Å². The zero-order valence-electron chi connectivity index (χ0n) is 12.8. The average molecular weight is 315 g/mol. The first-order valence-corrected chi connectivity index (χ1v) is 7.60. The Morgan fingerprint density at radius 3 is 2.57 bits per heavy atom. The molecule has 2 aromatic rings. The van der Waals surface area contributed by atoms with Crippen LogP contribution in [0.2, 0.25) is 0 Å². The number of urea groups is 1. The van der Waals surface area contributed by atoms with E-state index in [0.717, 1.165) is 17.2 Å². The molecule has 2 aromatic carbocycles. The number of fused-ring (bicyclic) bond motifs is 1. The Labute approximate surface area is 134 Å². The Balaban J connectivity index is 2.03. The summed E-state index contributed by atoms with van der Waals surface area (Å²) >= 11 is 0. The Morgan fingerprint density at radius 1 is 1.09 bits per heavy atom. The summed E-state index contributed by atoms with van der Waals surface area (Å²) in [5.41, 5.74) is 6.05. The summed E-state index contributed by atoms with van der Waals surface area (Å²) in [4.78, 5) is 23.3. The zero-order valence-corrected chi connectivity index (χ0v) is 12.8. The van der Waals surface area contributed by atoms with Crippen LogP contribution in [0.5, 0.6) is 0 Å². The van der Waals surface area contributed by atoms with Crippen molar-refractivity contribution in [1.82, 2.24) is 5.32 Å². The van der Waals surface area contributed by atoms with Crippen molar-refractivity contribution in [2.45, 2.75) is 25.3 Å². The Hall–Kier alpha value is -2.60. The quantitative estimate of drug-likeness (QED) is 0.589. The van der Waals surface area contributed by atoms with Crippen LogP contribution >= 0.6 is 0 Å². The lowest BCUT2D eigenvalue weighted by atomic mass is 10.1. The van der Waals surface area contributed by atoms with E-state index in [2.05, 4.69) is 10.6 Å². The fraction of sp³-hybridized carbons (Fsp3) is 0.294. The second-order valence-corrected chi connectivity index (χ2v) is 5.30. The number of nitrogens with two attached hydrogens (primary N) is 1. The van der Waals surface area contributed by atoms with Gasteiger partial charge in [-0.15, -0.1) is 0 Å². The summed E-state index contributed by atoms with van der Waals surface area (Å²) in [6, 6.07) is 11.8. The third kappa shape index (κ3) is 4.69. The van der Waals surface area contributed by atoms with Crippen LogP contribution in [0.15, 0.2) is 42.5 Å². The topological polar surface area (TPSA) is 104 Å². The molecule has 2 rings (SSSR count). The van der Waals surface area contributed by atoms with Crippen LogP contribution in [0.4, 0.5) is 10.5 Å². The van der Waals surface area contributed by atoms with Crippen LogP contribution < -0.4 is 16.4 Å². The fourth-order valence-electron chi connectivity index (χ4n) is 2.40. The first-order chi connectivity index (χ1) is 11.1. The van der Waals surface area contributed by atoms with Gasteiger partial charge in [0.1, 0.15) is 6.04 Å². The molecule has 0 aliphatic carbocycles. The van der Waals surface area contributed by atoms with Crippen LogP contribution in [0.25, 0.3) is 10.8 Å². The van der Waals surface area contributed by atoms with E-state index in [-0.39, 0.29) is 0 Å². The summed E-state index contributed by atoms with van der Waals surface area (Å²) in [6.45, 7) is 0.508. The molecule has 5 N–H and O–H groups in total. The number of nitrogens with one attached hydrogen (secondary N) is 2. The van der Waals surface area contributed by atoms with Gasteiger partial charge in [0.2, 0.25) is 0 Å². The van der Waals surface area contributed by atoms with E-state index in [1.165, 1.54) is 0 Å². The molecule has 0 radical (unpaired) electrons. The maximum Gasteiger partial charge on any atom is 0.326 e. The summed E-state index contributed by atoms with van der Waals surface area (Å²) in [6.07, 6.45) is 1.74. The van der Waals surface area contributed by atoms with Crippen molar-refractivity contribution in [2.24, 2.45) is 5.73 Å². The number of unbranched alkanes of at least 4 members (excludes halogenated alkanes) is 1. The van der Waals surface area contributed by atoms with Gasteiger partial charge in [0.05, 0.1) is 5.69 Å². The highest BCUT2D eigenvalue weighted by Gasteiger charge is 2.19. The number of rotatable bonds is 7. The van der Waals surface area contributed by atoms with Crippen molar-refractivity contribution in [2.75, 3.05) is 11.9 Å². The highest BCUT2D eigenvalue weighted by atomic mass is 16.4. The van der Waals surface area contributed by atoms with E-state index in [1.807, 2.05) is 36.4 Å². The van der Waals surface area contributed by atoms with Gasteiger partial charge < -0.3 is 21.5 Å². The molecule has 0 aromatic heterocycles. The molecule has 122 valence electrons. The number of amides is 2. The second kappa shape index (κ2) is 8.14. The summed E-state index contributed by atoms with van der Waals surface area (Å²) < 4.78 is 0. The number of hydrogen-bond acceptors (Lipinski definition) is 3. The van der Waals surface area contributed by atoms with Gasteiger partial charge in [-0.3, -0.25) is 0 Å². The monoisotopic (exact) mass is 315 g/mol. The minimum atomic E-state index is -1.05. The van der Waals surface area contributed by atoms with Crippen molar-refractivity contribution in [3.8, 4) is 0 Å². The second-order valence-electron chi connectivity index (χ2n) is 5.30. The number of aliphatic carboxylic acids is 1. The van der Waals surface area contributed by atoms with E-state index in [0.29, 0.717) is 25.1 Å². The molecule has 23 heavy (non-hydrogen) atoms. The molecule has 0 unspecified atom stereocenters. The summed E-state index contributed by atoms with van der Waals surface area (Å²) in [5.74, 6) is -1.05. The first kappa shape index (κ1) is 16.8. The van der Waals surface area contributed by atoms with Gasteiger partial charge in [0.15, 0.2) is 0 Å². The van der Waals surface area contributed by atoms with Crippen molar-refractivity contribution in [3.63, 3.8) is 0 Å². The molecule has 0 spiro atoms. The minimum absolute atomic E-state index is 0.357. The van der Waals surface area contributed by atoms with Gasteiger partial charge in [0.25, 0.3) is 0 Å². The molecular weight excluding hydrogens is 294 g/mol. The highest BCUT2D eigenvalue weighted by Crippen LogP contribution is 2.22. The molecule has 6 heteroatoms. The number of anilines is 1. The lowest BCUT2D eigenvalue weighted by Gasteiger charge is -2.15. The average Bonchev–Trinajstić information content (AvgIpc) is 2.54. The Morgan fingerprint density at radius 2 is 1.83 bits per heavy atom. The van der Waals surface area contributed by atoms with E-state index in [9.17, 15) is 14.7 Å². The van der Waals surface area contributed by atoms with Crippen LogP contribution in [-0.4, -0.2) is 29.7 Å². The lowest BCUT2D eigenvalue weighted by Crippen LogP contribution is -2.43. The van der Waals surface area contributed by atoms with Crippen LogP contribution in [0.1, 0.15) is 19.3 Å². The van der Waals surface area contributed by atoms with Crippen LogP contribution in [-0.2, 0) is 4.79 Å². The van der Waals surface area contributed by atoms with Crippen molar-refractivity contribution in [1.29, 1.82) is 0 Å².